The molecule has 2 aromatic rings. The van der Waals surface area contributed by atoms with Crippen molar-refractivity contribution in [3.8, 4) is 16.9 Å². The number of ether oxygens (including phenoxy) is 1. The lowest BCUT2D eigenvalue weighted by molar-refractivity contribution is 0.301. The van der Waals surface area contributed by atoms with E-state index in [4.69, 9.17) is 4.74 Å². The fraction of sp³-hybridized carbons (Fsp3) is 0.200. The van der Waals surface area contributed by atoms with Crippen LogP contribution in [0.25, 0.3) is 11.1 Å². The van der Waals surface area contributed by atoms with Crippen LogP contribution in [0.2, 0.25) is 0 Å². The summed E-state index contributed by atoms with van der Waals surface area (Å²) in [5, 5.41) is 0. The standard InChI is InChI=1S/C15H13F2IO/c1-2-7-19-15-6-4-11(9-13(15)17)10-3-5-14(18)12(16)8-10/h3-6,8-9H,2,7H2,1H3. The van der Waals surface area contributed by atoms with Crippen LogP contribution in [-0.4, -0.2) is 6.61 Å². The molecule has 2 aromatic carbocycles. The van der Waals surface area contributed by atoms with Crippen LogP contribution >= 0.6 is 22.6 Å². The lowest BCUT2D eigenvalue weighted by Crippen LogP contribution is -1.97. The highest BCUT2D eigenvalue weighted by molar-refractivity contribution is 14.1. The maximum Gasteiger partial charge on any atom is 0.165 e. The highest BCUT2D eigenvalue weighted by atomic mass is 127. The minimum atomic E-state index is -0.426. The predicted molar refractivity (Wildman–Crippen MR) is 80.3 cm³/mol. The summed E-state index contributed by atoms with van der Waals surface area (Å²) >= 11 is 1.92. The number of hydrogen-bond donors (Lipinski definition) is 0. The van der Waals surface area contributed by atoms with Gasteiger partial charge in [-0.1, -0.05) is 19.1 Å². The maximum absolute atomic E-state index is 13.8. The first-order chi connectivity index (χ1) is 9.11. The van der Waals surface area contributed by atoms with E-state index in [1.807, 2.05) is 29.5 Å². The third kappa shape index (κ3) is 3.43. The van der Waals surface area contributed by atoms with E-state index in [-0.39, 0.29) is 11.6 Å². The second-order valence-corrected chi connectivity index (χ2v) is 5.28. The van der Waals surface area contributed by atoms with E-state index in [1.54, 1.807) is 24.3 Å². The smallest absolute Gasteiger partial charge is 0.165 e. The van der Waals surface area contributed by atoms with Crippen molar-refractivity contribution in [2.45, 2.75) is 13.3 Å². The van der Waals surface area contributed by atoms with E-state index in [0.717, 1.165) is 6.42 Å². The van der Waals surface area contributed by atoms with E-state index < -0.39 is 5.82 Å². The fourth-order valence-electron chi connectivity index (χ4n) is 1.69. The molecule has 100 valence electrons. The van der Waals surface area contributed by atoms with Crippen LogP contribution in [-0.2, 0) is 0 Å². The fourth-order valence-corrected chi connectivity index (χ4v) is 2.02. The maximum atomic E-state index is 13.8. The number of hydrogen-bond acceptors (Lipinski definition) is 1. The summed E-state index contributed by atoms with van der Waals surface area (Å²) in [6, 6.07) is 9.53. The summed E-state index contributed by atoms with van der Waals surface area (Å²) in [7, 11) is 0. The van der Waals surface area contributed by atoms with Gasteiger partial charge in [-0.3, -0.25) is 0 Å². The van der Waals surface area contributed by atoms with E-state index in [2.05, 4.69) is 0 Å². The van der Waals surface area contributed by atoms with Gasteiger partial charge in [0.1, 0.15) is 5.82 Å². The zero-order valence-electron chi connectivity index (χ0n) is 10.4. The van der Waals surface area contributed by atoms with Crippen molar-refractivity contribution in [1.29, 1.82) is 0 Å². The van der Waals surface area contributed by atoms with Crippen molar-refractivity contribution in [3.05, 3.63) is 51.6 Å². The molecular weight excluding hydrogens is 361 g/mol. The predicted octanol–water partition coefficient (Wildman–Crippen LogP) is 5.03. The highest BCUT2D eigenvalue weighted by Crippen LogP contribution is 2.27. The molecule has 2 rings (SSSR count). The van der Waals surface area contributed by atoms with Crippen LogP contribution < -0.4 is 4.74 Å². The largest absolute Gasteiger partial charge is 0.491 e. The van der Waals surface area contributed by atoms with Gasteiger partial charge in [-0.2, -0.15) is 0 Å². The molecule has 0 fully saturated rings. The molecule has 0 aromatic heterocycles. The van der Waals surface area contributed by atoms with Crippen LogP contribution in [0, 0.1) is 15.2 Å². The van der Waals surface area contributed by atoms with Crippen LogP contribution in [0.3, 0.4) is 0 Å². The molecule has 4 heteroatoms. The molecule has 0 aliphatic carbocycles. The summed E-state index contributed by atoms with van der Waals surface area (Å²) in [5.41, 5.74) is 1.29. The van der Waals surface area contributed by atoms with Gasteiger partial charge in [0.05, 0.1) is 6.61 Å². The average Bonchev–Trinajstić information content (AvgIpc) is 2.40. The Bertz CT molecular complexity index is 584. The molecule has 0 spiro atoms. The Balaban J connectivity index is 2.30. The first-order valence-electron chi connectivity index (χ1n) is 5.99. The Hall–Kier alpha value is -1.17. The second kappa shape index (κ2) is 6.32. The quantitative estimate of drug-likeness (QED) is 0.683. The van der Waals surface area contributed by atoms with E-state index >= 15 is 0 Å². The van der Waals surface area contributed by atoms with Crippen molar-refractivity contribution in [1.82, 2.24) is 0 Å². The average molecular weight is 374 g/mol. The van der Waals surface area contributed by atoms with Crippen molar-refractivity contribution in [2.24, 2.45) is 0 Å². The monoisotopic (exact) mass is 374 g/mol. The van der Waals surface area contributed by atoms with E-state index in [9.17, 15) is 8.78 Å². The van der Waals surface area contributed by atoms with Gasteiger partial charge in [-0.15, -0.1) is 0 Å². The van der Waals surface area contributed by atoms with Crippen molar-refractivity contribution >= 4 is 22.6 Å². The summed E-state index contributed by atoms with van der Waals surface area (Å²) in [6.07, 6.45) is 0.823. The molecule has 0 radical (unpaired) electrons. The minimum Gasteiger partial charge on any atom is -0.491 e. The summed E-state index contributed by atoms with van der Waals surface area (Å²) in [4.78, 5) is 0. The molecule has 0 saturated carbocycles. The zero-order chi connectivity index (χ0) is 13.8. The molecule has 0 atom stereocenters. The van der Waals surface area contributed by atoms with E-state index in [1.165, 1.54) is 12.1 Å². The lowest BCUT2D eigenvalue weighted by atomic mass is 10.1. The lowest BCUT2D eigenvalue weighted by Gasteiger charge is -2.08. The topological polar surface area (TPSA) is 9.23 Å². The third-order valence-electron chi connectivity index (χ3n) is 2.65. The Morgan fingerprint density at radius 2 is 1.63 bits per heavy atom. The van der Waals surface area contributed by atoms with Gasteiger partial charge in [-0.05, 0) is 64.4 Å². The van der Waals surface area contributed by atoms with Gasteiger partial charge in [0, 0.05) is 3.57 Å². The normalized spacial score (nSPS) is 10.5. The molecule has 0 amide bonds. The highest BCUT2D eigenvalue weighted by Gasteiger charge is 2.08. The van der Waals surface area contributed by atoms with Gasteiger partial charge in [0.25, 0.3) is 0 Å². The molecule has 0 N–H and O–H groups in total. The molecular formula is C15H13F2IO. The van der Waals surface area contributed by atoms with Gasteiger partial charge in [0.15, 0.2) is 11.6 Å². The first kappa shape index (κ1) is 14.2. The Labute approximate surface area is 124 Å². The van der Waals surface area contributed by atoms with Gasteiger partial charge >= 0.3 is 0 Å². The molecule has 0 saturated heterocycles. The number of halogens is 3. The van der Waals surface area contributed by atoms with Crippen molar-refractivity contribution < 1.29 is 13.5 Å². The second-order valence-electron chi connectivity index (χ2n) is 4.12. The van der Waals surface area contributed by atoms with Gasteiger partial charge in [0.2, 0.25) is 0 Å². The van der Waals surface area contributed by atoms with Crippen molar-refractivity contribution in [2.75, 3.05) is 6.61 Å². The van der Waals surface area contributed by atoms with Crippen molar-refractivity contribution in [3.63, 3.8) is 0 Å². The van der Waals surface area contributed by atoms with Crippen LogP contribution in [0.5, 0.6) is 5.75 Å². The molecule has 0 aliphatic rings. The third-order valence-corrected chi connectivity index (χ3v) is 3.52. The van der Waals surface area contributed by atoms with Gasteiger partial charge < -0.3 is 4.74 Å². The zero-order valence-corrected chi connectivity index (χ0v) is 12.6. The van der Waals surface area contributed by atoms with Crippen LogP contribution in [0.1, 0.15) is 13.3 Å². The summed E-state index contributed by atoms with van der Waals surface area (Å²) in [5.74, 6) is -0.494. The molecule has 1 nitrogen and oxygen atoms in total. The Morgan fingerprint density at radius 3 is 2.21 bits per heavy atom. The number of benzene rings is 2. The Morgan fingerprint density at radius 1 is 1.00 bits per heavy atom. The Kier molecular flexibility index (Phi) is 4.74. The summed E-state index contributed by atoms with van der Waals surface area (Å²) in [6.45, 7) is 2.44. The molecule has 0 unspecified atom stereocenters. The molecule has 19 heavy (non-hydrogen) atoms. The summed E-state index contributed by atoms with van der Waals surface area (Å²) < 4.78 is 33.1. The number of rotatable bonds is 4. The molecule has 0 bridgehead atoms. The SMILES string of the molecule is CCCOc1ccc(-c2ccc(I)c(F)c2)cc1F. The first-order valence-corrected chi connectivity index (χ1v) is 7.07. The molecule has 0 heterocycles. The molecule has 0 aliphatic heterocycles. The van der Waals surface area contributed by atoms with Gasteiger partial charge in [-0.25, -0.2) is 8.78 Å². The minimum absolute atomic E-state index is 0.233. The van der Waals surface area contributed by atoms with Crippen LogP contribution in [0.15, 0.2) is 36.4 Å². The van der Waals surface area contributed by atoms with E-state index in [0.29, 0.717) is 21.3 Å². The van der Waals surface area contributed by atoms with Crippen LogP contribution in [0.4, 0.5) is 8.78 Å².